The van der Waals surface area contributed by atoms with E-state index in [4.69, 9.17) is 23.7 Å². The third kappa shape index (κ3) is 17.0. The summed E-state index contributed by atoms with van der Waals surface area (Å²) >= 11 is 0. The van der Waals surface area contributed by atoms with Gasteiger partial charge in [-0.05, 0) is 50.9 Å². The molecule has 62 heavy (non-hydrogen) atoms. The molecule has 2 aliphatic carbocycles. The number of carbonyl (C=O) groups excluding carboxylic acids is 4. The molecule has 346 valence electrons. The maximum atomic E-state index is 13.8. The molecule has 4 aliphatic rings. The molecule has 7 unspecified atom stereocenters. The van der Waals surface area contributed by atoms with E-state index in [9.17, 15) is 62.8 Å². The molecular formula is C39H64N2Na2O18S. The Bertz CT molecular complexity index is 1530. The smallest absolute Gasteiger partial charge is 0.748 e. The number of hydrogen-bond donors (Lipinski definition) is 7. The monoisotopic (exact) mass is 926 g/mol. The van der Waals surface area contributed by atoms with Gasteiger partial charge in [-0.1, -0.05) is 45.4 Å². The fourth-order valence-corrected chi connectivity index (χ4v) is 9.31. The van der Waals surface area contributed by atoms with E-state index in [1.165, 1.54) is 13.8 Å². The van der Waals surface area contributed by atoms with Gasteiger partial charge in [0.2, 0.25) is 11.8 Å². The Morgan fingerprint density at radius 2 is 1.55 bits per heavy atom. The molecule has 2 amide bonds. The third-order valence-corrected chi connectivity index (χ3v) is 12.9. The predicted octanol–water partition coefficient (Wildman–Crippen LogP) is -8.12. The van der Waals surface area contributed by atoms with Crippen LogP contribution in [0, 0.1) is 17.8 Å². The molecule has 2 saturated carbocycles. The minimum absolute atomic E-state index is 0. The van der Waals surface area contributed by atoms with Crippen LogP contribution in [0.2, 0.25) is 0 Å². The Morgan fingerprint density at radius 3 is 2.15 bits per heavy atom. The van der Waals surface area contributed by atoms with Crippen LogP contribution in [-0.4, -0.2) is 161 Å². The summed E-state index contributed by atoms with van der Waals surface area (Å²) in [6.45, 7) is 3.85. The Balaban J connectivity index is 0.00000661. The quantitative estimate of drug-likeness (QED) is 0.0319. The Labute approximate surface area is 407 Å². The standard InChI is InChI=1S/C39H66N2O18S.2Na/c1-4-23-17-24(25(44)12-8-14-40-29(45)13-9-15-60(52,53)54)18-26(35(23)59-39-34(49)33(48)31(46)20(2)55-39)57-38-30(41-21(3)43)36(32(47)28(19-42)58-38)56-27(37(50)51)16-22-10-6-5-7-11-22;;/h20,22-24,26-28,30-36,38-39,42,46-49H,4-19H2,1-3H3,(H,40,45)(H,41,43)(H,50,51)(H,52,53,54);;/q;2*+1/p-2/t20?,23?,24?,26-,27+,28?,30?,31-,32+,33?,34+,35-,36?,38-,39+;;/m1../s1. The Kier molecular flexibility index (Phi) is 25.5. The number of ether oxygens (including phenoxy) is 5. The zero-order chi connectivity index (χ0) is 44.3. The van der Waals surface area contributed by atoms with Crippen molar-refractivity contribution in [2.75, 3.05) is 18.9 Å². The molecule has 0 bridgehead atoms. The van der Waals surface area contributed by atoms with Crippen LogP contribution in [0.15, 0.2) is 0 Å². The third-order valence-electron chi connectivity index (χ3n) is 12.1. The van der Waals surface area contributed by atoms with Crippen molar-refractivity contribution >= 4 is 33.7 Å². The van der Waals surface area contributed by atoms with E-state index in [-0.39, 0.29) is 122 Å². The first kappa shape index (κ1) is 57.7. The molecule has 0 spiro atoms. The van der Waals surface area contributed by atoms with Gasteiger partial charge in [-0.25, -0.2) is 8.42 Å². The summed E-state index contributed by atoms with van der Waals surface area (Å²) in [4.78, 5) is 51.0. The second-order valence-electron chi connectivity index (χ2n) is 16.7. The number of nitrogens with one attached hydrogen (secondary N) is 2. The number of hydrogen-bond acceptors (Lipinski definition) is 18. The van der Waals surface area contributed by atoms with E-state index in [1.807, 2.05) is 6.92 Å². The maximum Gasteiger partial charge on any atom is 1.00 e. The summed E-state index contributed by atoms with van der Waals surface area (Å²) in [5.74, 6) is -4.58. The van der Waals surface area contributed by atoms with Crippen molar-refractivity contribution in [2.45, 2.75) is 184 Å². The first-order valence-electron chi connectivity index (χ1n) is 21.1. The van der Waals surface area contributed by atoms with Crippen molar-refractivity contribution in [1.29, 1.82) is 0 Å². The van der Waals surface area contributed by atoms with Crippen molar-refractivity contribution < 1.29 is 146 Å². The van der Waals surface area contributed by atoms with E-state index in [2.05, 4.69) is 10.6 Å². The predicted molar refractivity (Wildman–Crippen MR) is 204 cm³/mol. The molecule has 0 aromatic carbocycles. The van der Waals surface area contributed by atoms with Gasteiger partial charge in [0.25, 0.3) is 0 Å². The maximum absolute atomic E-state index is 13.8. The van der Waals surface area contributed by atoms with Crippen LogP contribution in [0.25, 0.3) is 0 Å². The number of rotatable bonds is 21. The SMILES string of the molecule is CCC1CC(C(=O)CCCNC(=O)CCCS(=O)(=O)[O-])C[C@@H](O[C@@H]2OC(CO)[C@H](O)C(O[C@@H](CC3CCCCC3)C(=O)[O-])C2NC(C)=O)[C@@H]1O[C@@H]1OC(C)[C@@H](O)C(O)[C@@H]1O.[Na+].[Na+]. The molecule has 2 heterocycles. The number of carbonyl (C=O) groups is 4. The van der Waals surface area contributed by atoms with Crippen LogP contribution in [0.5, 0.6) is 0 Å². The summed E-state index contributed by atoms with van der Waals surface area (Å²) in [5, 5.41) is 71.2. The topological polar surface area (TPSA) is 320 Å². The van der Waals surface area contributed by atoms with Gasteiger partial charge in [0.05, 0.1) is 47.1 Å². The zero-order valence-corrected chi connectivity index (χ0v) is 41.3. The van der Waals surface area contributed by atoms with Crippen LogP contribution in [0.1, 0.15) is 104 Å². The van der Waals surface area contributed by atoms with Gasteiger partial charge in [-0.15, -0.1) is 0 Å². The van der Waals surface area contributed by atoms with E-state index in [0.29, 0.717) is 6.42 Å². The van der Waals surface area contributed by atoms with Crippen molar-refractivity contribution in [1.82, 2.24) is 10.6 Å². The fraction of sp³-hybridized carbons (Fsp3) is 0.897. The minimum atomic E-state index is -4.46. The molecule has 2 aliphatic heterocycles. The second kappa shape index (κ2) is 27.4. The van der Waals surface area contributed by atoms with Gasteiger partial charge < -0.3 is 74.3 Å². The largest absolute Gasteiger partial charge is 1.00 e. The van der Waals surface area contributed by atoms with Gasteiger partial charge in [0.15, 0.2) is 12.6 Å². The van der Waals surface area contributed by atoms with Crippen molar-refractivity contribution in [3.05, 3.63) is 0 Å². The van der Waals surface area contributed by atoms with Crippen LogP contribution in [-0.2, 0) is 53.0 Å². The number of carboxylic acid groups (broad SMARTS) is 1. The van der Waals surface area contributed by atoms with E-state index in [0.717, 1.165) is 32.1 Å². The Hall–Kier alpha value is -0.410. The first-order chi connectivity index (χ1) is 28.3. The van der Waals surface area contributed by atoms with E-state index >= 15 is 0 Å². The van der Waals surface area contributed by atoms with Crippen LogP contribution < -0.4 is 74.9 Å². The van der Waals surface area contributed by atoms with E-state index in [1.54, 1.807) is 0 Å². The zero-order valence-electron chi connectivity index (χ0n) is 36.5. The van der Waals surface area contributed by atoms with Crippen LogP contribution in [0.3, 0.4) is 0 Å². The van der Waals surface area contributed by atoms with Crippen molar-refractivity contribution in [3.8, 4) is 0 Å². The normalized spacial score (nSPS) is 34.8. The minimum Gasteiger partial charge on any atom is -0.748 e. The molecule has 7 N–H and O–H groups in total. The summed E-state index contributed by atoms with van der Waals surface area (Å²) in [5.41, 5.74) is 0. The first-order valence-corrected chi connectivity index (χ1v) is 22.7. The van der Waals surface area contributed by atoms with Gasteiger partial charge in [-0.3, -0.25) is 14.4 Å². The molecule has 23 heteroatoms. The average molecular weight is 927 g/mol. The summed E-state index contributed by atoms with van der Waals surface area (Å²) in [6, 6.07) is -1.36. The number of carboxylic acids is 1. The molecule has 2 saturated heterocycles. The summed E-state index contributed by atoms with van der Waals surface area (Å²) in [6.07, 6.45) is -11.6. The average Bonchev–Trinajstić information content (AvgIpc) is 3.19. The number of amides is 2. The van der Waals surface area contributed by atoms with Gasteiger partial charge in [0, 0.05) is 38.0 Å². The van der Waals surface area contributed by atoms with Gasteiger partial charge >= 0.3 is 59.1 Å². The summed E-state index contributed by atoms with van der Waals surface area (Å²) in [7, 11) is -4.46. The number of aliphatic hydroxyl groups excluding tert-OH is 5. The Morgan fingerprint density at radius 1 is 0.871 bits per heavy atom. The van der Waals surface area contributed by atoms with Gasteiger partial charge in [-0.2, -0.15) is 0 Å². The molecule has 4 rings (SSSR count). The fourth-order valence-electron chi connectivity index (χ4n) is 8.81. The number of ketones is 1. The van der Waals surface area contributed by atoms with Gasteiger partial charge in [0.1, 0.15) is 48.4 Å². The second-order valence-corrected chi connectivity index (χ2v) is 18.2. The number of Topliss-reactive ketones (excluding diaryl/α,β-unsaturated/α-hetero) is 1. The molecule has 0 aromatic heterocycles. The van der Waals surface area contributed by atoms with Crippen LogP contribution >= 0.6 is 0 Å². The van der Waals surface area contributed by atoms with Crippen LogP contribution in [0.4, 0.5) is 0 Å². The molecule has 20 nitrogen and oxygen atoms in total. The molecular weight excluding hydrogens is 862 g/mol. The van der Waals surface area contributed by atoms with Crippen molar-refractivity contribution in [3.63, 3.8) is 0 Å². The molecule has 0 radical (unpaired) electrons. The number of aliphatic hydroxyl groups is 5. The molecule has 15 atom stereocenters. The molecule has 0 aromatic rings. The van der Waals surface area contributed by atoms with Crippen molar-refractivity contribution in [2.24, 2.45) is 17.8 Å². The summed E-state index contributed by atoms with van der Waals surface area (Å²) < 4.78 is 63.3. The van der Waals surface area contributed by atoms with E-state index < -0.39 is 132 Å². The molecule has 4 fully saturated rings. The number of aliphatic carboxylic acids is 1.